The Morgan fingerprint density at radius 3 is 1.12 bits per heavy atom. The first kappa shape index (κ1) is 16.8. The predicted octanol–water partition coefficient (Wildman–Crippen LogP) is 3.22. The molecular weight excluding hydrogens is 344 g/mol. The highest BCUT2D eigenvalue weighted by Crippen LogP contribution is 2.17. The van der Waals surface area contributed by atoms with E-state index >= 15 is 0 Å². The van der Waals surface area contributed by atoms with Crippen molar-refractivity contribution in [3.63, 3.8) is 0 Å². The molecule has 126 valence electrons. The van der Waals surface area contributed by atoms with Crippen LogP contribution >= 0.6 is 0 Å². The van der Waals surface area contributed by atoms with Crippen LogP contribution in [0.1, 0.15) is 0 Å². The van der Waals surface area contributed by atoms with Crippen LogP contribution in [-0.4, -0.2) is 18.1 Å². The van der Waals surface area contributed by atoms with Gasteiger partial charge in [0.1, 0.15) is 0 Å². The summed E-state index contributed by atoms with van der Waals surface area (Å²) < 4.78 is 0. The van der Waals surface area contributed by atoms with E-state index in [1.54, 1.807) is 10.4 Å². The third-order valence-corrected chi connectivity index (χ3v) is 11.4. The second-order valence-corrected chi connectivity index (χ2v) is 12.1. The minimum absolute atomic E-state index is 0.270. The summed E-state index contributed by atoms with van der Waals surface area (Å²) in [6.07, 6.45) is 0. The van der Waals surface area contributed by atoms with Gasteiger partial charge < -0.3 is 0 Å². The molecular formula is C24H22Si2. The summed E-state index contributed by atoms with van der Waals surface area (Å²) >= 11 is 0. The van der Waals surface area contributed by atoms with Gasteiger partial charge >= 0.3 is 0 Å². The van der Waals surface area contributed by atoms with E-state index in [-0.39, 0.29) is 18.1 Å². The Labute approximate surface area is 160 Å². The first-order valence-corrected chi connectivity index (χ1v) is 14.6. The highest BCUT2D eigenvalue weighted by molar-refractivity contribution is 7.13. The molecule has 0 saturated heterocycles. The van der Waals surface area contributed by atoms with Crippen LogP contribution in [0.25, 0.3) is 22.3 Å². The van der Waals surface area contributed by atoms with Gasteiger partial charge in [-0.05, 0) is 22.3 Å². The van der Waals surface area contributed by atoms with Gasteiger partial charge in [-0.2, -0.15) is 0 Å². The van der Waals surface area contributed by atoms with E-state index in [0.29, 0.717) is 0 Å². The molecule has 0 amide bonds. The van der Waals surface area contributed by atoms with Gasteiger partial charge in [-0.25, -0.2) is 0 Å². The monoisotopic (exact) mass is 366 g/mol. The first-order chi connectivity index (χ1) is 12.9. The van der Waals surface area contributed by atoms with Gasteiger partial charge in [0.15, 0.2) is 0 Å². The molecule has 0 atom stereocenters. The van der Waals surface area contributed by atoms with E-state index < -0.39 is 0 Å². The molecule has 0 bridgehead atoms. The molecule has 4 aromatic carbocycles. The zero-order valence-electron chi connectivity index (χ0n) is 14.8. The maximum absolute atomic E-state index is 2.35. The summed E-state index contributed by atoms with van der Waals surface area (Å²) in [5, 5.41) is 3.21. The standard InChI is InChI=1S/C24H22Si2/c1-3-11-19(12-4-1)21-15-7-9-17-23(21)25-26-24-18-10-8-16-22(24)20-13-5-2-6-14-20/h1-18H,25-26H2. The molecule has 0 aliphatic carbocycles. The van der Waals surface area contributed by atoms with E-state index in [0.717, 1.165) is 0 Å². The largest absolute Gasteiger partial charge is 0.0634 e. The van der Waals surface area contributed by atoms with Crippen molar-refractivity contribution >= 4 is 28.4 Å². The highest BCUT2D eigenvalue weighted by Gasteiger charge is 2.08. The van der Waals surface area contributed by atoms with E-state index in [1.807, 2.05) is 0 Å². The van der Waals surface area contributed by atoms with E-state index in [4.69, 9.17) is 0 Å². The maximum atomic E-state index is 2.35. The molecule has 0 aliphatic rings. The van der Waals surface area contributed by atoms with Crippen LogP contribution in [-0.2, 0) is 0 Å². The molecule has 0 fully saturated rings. The summed E-state index contributed by atoms with van der Waals surface area (Å²) in [4.78, 5) is 0. The lowest BCUT2D eigenvalue weighted by molar-refractivity contribution is 1.64. The second-order valence-electron chi connectivity index (χ2n) is 6.55. The smallest absolute Gasteiger partial charge is 0.0485 e. The third kappa shape index (κ3) is 3.77. The Morgan fingerprint density at radius 2 is 0.692 bits per heavy atom. The minimum atomic E-state index is -0.270. The summed E-state index contributed by atoms with van der Waals surface area (Å²) in [5.74, 6) is 0. The van der Waals surface area contributed by atoms with Crippen molar-refractivity contribution in [1.82, 2.24) is 0 Å². The molecule has 2 heteroatoms. The number of rotatable bonds is 5. The average molecular weight is 367 g/mol. The molecule has 0 saturated carbocycles. The molecule has 0 nitrogen and oxygen atoms in total. The zero-order chi connectivity index (χ0) is 17.6. The van der Waals surface area contributed by atoms with Crippen molar-refractivity contribution in [3.05, 3.63) is 109 Å². The lowest BCUT2D eigenvalue weighted by Gasteiger charge is -2.12. The van der Waals surface area contributed by atoms with Crippen molar-refractivity contribution in [1.29, 1.82) is 0 Å². The van der Waals surface area contributed by atoms with Crippen LogP contribution in [0.4, 0.5) is 0 Å². The Balaban J connectivity index is 1.62. The van der Waals surface area contributed by atoms with Gasteiger partial charge in [-0.15, -0.1) is 0 Å². The van der Waals surface area contributed by atoms with Gasteiger partial charge in [-0.1, -0.05) is 120 Å². The Kier molecular flexibility index (Phi) is 5.24. The van der Waals surface area contributed by atoms with Crippen LogP contribution in [0, 0.1) is 0 Å². The summed E-state index contributed by atoms with van der Waals surface area (Å²) in [6, 6.07) is 39.7. The predicted molar refractivity (Wildman–Crippen MR) is 120 cm³/mol. The van der Waals surface area contributed by atoms with Gasteiger partial charge in [0.05, 0.1) is 0 Å². The Hall–Kier alpha value is -2.69. The third-order valence-electron chi connectivity index (χ3n) is 4.87. The SMILES string of the molecule is c1ccc(-c2ccccc2[SiH2][SiH2]c2ccccc2-c2ccccc2)cc1. The molecule has 26 heavy (non-hydrogen) atoms. The normalized spacial score (nSPS) is 11.5. The van der Waals surface area contributed by atoms with Gasteiger partial charge in [0, 0.05) is 18.1 Å². The summed E-state index contributed by atoms with van der Waals surface area (Å²) in [6.45, 7) is 0. The van der Waals surface area contributed by atoms with Crippen LogP contribution in [0.15, 0.2) is 109 Å². The highest BCUT2D eigenvalue weighted by atomic mass is 29.1. The van der Waals surface area contributed by atoms with E-state index in [9.17, 15) is 0 Å². The number of hydrogen-bond donors (Lipinski definition) is 0. The lowest BCUT2D eigenvalue weighted by atomic mass is 10.1. The molecule has 0 aromatic heterocycles. The van der Waals surface area contributed by atoms with Gasteiger partial charge in [0.2, 0.25) is 0 Å². The molecule has 0 unspecified atom stereocenters. The molecule has 4 rings (SSSR count). The van der Waals surface area contributed by atoms with Crippen molar-refractivity contribution in [2.45, 2.75) is 0 Å². The topological polar surface area (TPSA) is 0 Å². The fourth-order valence-electron chi connectivity index (χ4n) is 3.54. The van der Waals surface area contributed by atoms with Crippen molar-refractivity contribution < 1.29 is 0 Å². The Bertz CT molecular complexity index is 896. The Morgan fingerprint density at radius 1 is 0.346 bits per heavy atom. The number of benzene rings is 4. The fourth-order valence-corrected chi connectivity index (χ4v) is 10.1. The molecule has 0 spiro atoms. The summed E-state index contributed by atoms with van der Waals surface area (Å²) in [5.41, 5.74) is 5.57. The van der Waals surface area contributed by atoms with Crippen molar-refractivity contribution in [2.24, 2.45) is 0 Å². The van der Waals surface area contributed by atoms with E-state index in [1.165, 1.54) is 22.3 Å². The molecule has 0 heterocycles. The average Bonchev–Trinajstić information content (AvgIpc) is 2.74. The zero-order valence-corrected chi connectivity index (χ0v) is 17.6. The van der Waals surface area contributed by atoms with Crippen molar-refractivity contribution in [2.75, 3.05) is 0 Å². The van der Waals surface area contributed by atoms with E-state index in [2.05, 4.69) is 109 Å². The molecule has 0 radical (unpaired) electrons. The van der Waals surface area contributed by atoms with Crippen LogP contribution < -0.4 is 10.4 Å². The molecule has 0 aliphatic heterocycles. The second kappa shape index (κ2) is 8.13. The lowest BCUT2D eigenvalue weighted by Crippen LogP contribution is -2.31. The molecule has 0 N–H and O–H groups in total. The maximum Gasteiger partial charge on any atom is 0.0485 e. The summed E-state index contributed by atoms with van der Waals surface area (Å²) in [7, 11) is -0.540. The van der Waals surface area contributed by atoms with Crippen LogP contribution in [0.5, 0.6) is 0 Å². The minimum Gasteiger partial charge on any atom is -0.0634 e. The number of hydrogen-bond acceptors (Lipinski definition) is 0. The molecule has 4 aromatic rings. The fraction of sp³-hybridized carbons (Fsp3) is 0. The van der Waals surface area contributed by atoms with Gasteiger partial charge in [-0.3, -0.25) is 0 Å². The van der Waals surface area contributed by atoms with Crippen LogP contribution in [0.2, 0.25) is 0 Å². The van der Waals surface area contributed by atoms with Crippen molar-refractivity contribution in [3.8, 4) is 22.3 Å². The van der Waals surface area contributed by atoms with Crippen LogP contribution in [0.3, 0.4) is 0 Å². The first-order valence-electron chi connectivity index (χ1n) is 9.18. The van der Waals surface area contributed by atoms with Gasteiger partial charge in [0.25, 0.3) is 0 Å². The quantitative estimate of drug-likeness (QED) is 0.476.